The molecule has 0 bridgehead atoms. The maximum atomic E-state index is 12.7. The van der Waals surface area contributed by atoms with E-state index in [1.807, 2.05) is 4.90 Å². The van der Waals surface area contributed by atoms with Gasteiger partial charge in [-0.05, 0) is 44.1 Å². The van der Waals surface area contributed by atoms with Gasteiger partial charge < -0.3 is 5.11 Å². The van der Waals surface area contributed by atoms with E-state index in [1.54, 1.807) is 12.1 Å². The fraction of sp³-hybridized carbons (Fsp3) is 0.438. The van der Waals surface area contributed by atoms with Gasteiger partial charge in [0, 0.05) is 0 Å². The summed E-state index contributed by atoms with van der Waals surface area (Å²) in [6, 6.07) is 4.09. The van der Waals surface area contributed by atoms with Crippen LogP contribution >= 0.6 is 23.2 Å². The number of imide groups is 1. The number of halogens is 2. The summed E-state index contributed by atoms with van der Waals surface area (Å²) < 4.78 is 0. The zero-order valence-electron chi connectivity index (χ0n) is 12.7. The van der Waals surface area contributed by atoms with Crippen LogP contribution in [0.4, 0.5) is 5.69 Å². The zero-order chi connectivity index (χ0) is 17.4. The lowest BCUT2D eigenvalue weighted by molar-refractivity contribution is -0.143. The van der Waals surface area contributed by atoms with Crippen LogP contribution in [0.5, 0.6) is 0 Å². The van der Waals surface area contributed by atoms with E-state index in [9.17, 15) is 14.4 Å². The summed E-state index contributed by atoms with van der Waals surface area (Å²) in [4.78, 5) is 39.1. The Balaban J connectivity index is 1.75. The number of nitrogens with zero attached hydrogens (tertiary/aromatic N) is 2. The molecule has 1 aromatic carbocycles. The number of anilines is 1. The maximum Gasteiger partial charge on any atom is 0.306 e. The van der Waals surface area contributed by atoms with Gasteiger partial charge in [0.2, 0.25) is 5.91 Å². The predicted molar refractivity (Wildman–Crippen MR) is 89.3 cm³/mol. The summed E-state index contributed by atoms with van der Waals surface area (Å²) in [6.45, 7) is 0.992. The lowest BCUT2D eigenvalue weighted by atomic mass is 9.96. The van der Waals surface area contributed by atoms with Crippen LogP contribution in [-0.4, -0.2) is 46.9 Å². The molecule has 24 heavy (non-hydrogen) atoms. The number of carboxylic acids is 1. The van der Waals surface area contributed by atoms with Gasteiger partial charge in [-0.1, -0.05) is 23.2 Å². The molecule has 6 nitrogen and oxygen atoms in total. The third-order valence-corrected chi connectivity index (χ3v) is 5.34. The van der Waals surface area contributed by atoms with E-state index in [0.29, 0.717) is 36.6 Å². The van der Waals surface area contributed by atoms with Crippen molar-refractivity contribution < 1.29 is 19.5 Å². The summed E-state index contributed by atoms with van der Waals surface area (Å²) in [6.07, 6.45) is 1.07. The van der Waals surface area contributed by atoms with Crippen molar-refractivity contribution in [1.29, 1.82) is 0 Å². The first-order valence-electron chi connectivity index (χ1n) is 7.67. The van der Waals surface area contributed by atoms with Crippen LogP contribution in [0.2, 0.25) is 10.0 Å². The summed E-state index contributed by atoms with van der Waals surface area (Å²) in [5.74, 6) is -1.77. The predicted octanol–water partition coefficient (Wildman–Crippen LogP) is 2.42. The molecule has 2 heterocycles. The van der Waals surface area contributed by atoms with Crippen molar-refractivity contribution >= 4 is 46.7 Å². The van der Waals surface area contributed by atoms with Crippen LogP contribution in [0, 0.1) is 5.92 Å². The molecule has 2 aliphatic rings. The van der Waals surface area contributed by atoms with E-state index < -0.39 is 12.0 Å². The number of hydrogen-bond donors (Lipinski definition) is 1. The minimum absolute atomic E-state index is 0.0941. The van der Waals surface area contributed by atoms with Crippen LogP contribution < -0.4 is 4.90 Å². The number of likely N-dealkylation sites (tertiary alicyclic amines) is 1. The molecule has 2 amide bonds. The monoisotopic (exact) mass is 370 g/mol. The lowest BCUT2D eigenvalue weighted by Crippen LogP contribution is -2.46. The Morgan fingerprint density at radius 3 is 2.38 bits per heavy atom. The number of piperidine rings is 1. The van der Waals surface area contributed by atoms with Gasteiger partial charge in [0.15, 0.2) is 0 Å². The number of hydrogen-bond acceptors (Lipinski definition) is 4. The van der Waals surface area contributed by atoms with Crippen molar-refractivity contribution in [3.05, 3.63) is 28.2 Å². The van der Waals surface area contributed by atoms with Crippen molar-refractivity contribution in [3.8, 4) is 0 Å². The first kappa shape index (κ1) is 17.2. The summed E-state index contributed by atoms with van der Waals surface area (Å²) in [5, 5.41) is 9.68. The first-order chi connectivity index (χ1) is 11.4. The highest BCUT2D eigenvalue weighted by atomic mass is 35.5. The smallest absolute Gasteiger partial charge is 0.306 e. The lowest BCUT2D eigenvalue weighted by Gasteiger charge is -2.33. The summed E-state index contributed by atoms with van der Waals surface area (Å²) in [7, 11) is 0. The molecular formula is C16H16Cl2N2O4. The molecular weight excluding hydrogens is 355 g/mol. The number of rotatable bonds is 3. The highest BCUT2D eigenvalue weighted by molar-refractivity contribution is 6.42. The van der Waals surface area contributed by atoms with Gasteiger partial charge in [-0.2, -0.15) is 0 Å². The molecule has 8 heteroatoms. The number of aliphatic carboxylic acids is 1. The molecule has 1 atom stereocenters. The van der Waals surface area contributed by atoms with Crippen LogP contribution in [0.1, 0.15) is 19.3 Å². The van der Waals surface area contributed by atoms with Crippen LogP contribution in [0.15, 0.2) is 18.2 Å². The van der Waals surface area contributed by atoms with Gasteiger partial charge in [0.05, 0.1) is 34.1 Å². The van der Waals surface area contributed by atoms with Gasteiger partial charge in [0.1, 0.15) is 0 Å². The molecule has 0 aliphatic carbocycles. The van der Waals surface area contributed by atoms with E-state index >= 15 is 0 Å². The topological polar surface area (TPSA) is 77.9 Å². The molecule has 0 aromatic heterocycles. The molecule has 0 spiro atoms. The molecule has 2 saturated heterocycles. The van der Waals surface area contributed by atoms with Gasteiger partial charge in [-0.15, -0.1) is 0 Å². The van der Waals surface area contributed by atoms with Crippen LogP contribution in [0.3, 0.4) is 0 Å². The average molecular weight is 371 g/mol. The number of amides is 2. The number of carbonyl (C=O) groups excluding carboxylic acids is 2. The van der Waals surface area contributed by atoms with E-state index in [1.165, 1.54) is 6.07 Å². The van der Waals surface area contributed by atoms with Gasteiger partial charge >= 0.3 is 5.97 Å². The van der Waals surface area contributed by atoms with Crippen molar-refractivity contribution in [2.75, 3.05) is 18.0 Å². The number of carboxylic acid groups (broad SMARTS) is 1. The first-order valence-corrected chi connectivity index (χ1v) is 8.43. The van der Waals surface area contributed by atoms with Gasteiger partial charge in [-0.25, -0.2) is 4.90 Å². The second kappa shape index (κ2) is 6.70. The van der Waals surface area contributed by atoms with E-state index in [4.69, 9.17) is 28.3 Å². The van der Waals surface area contributed by atoms with Gasteiger partial charge in [-0.3, -0.25) is 19.3 Å². The SMILES string of the molecule is O=C(O)C1CCN(C2CC(=O)N(c3ccc(Cl)c(Cl)c3)C2=O)CC1. The Kier molecular flexibility index (Phi) is 4.80. The molecule has 1 N–H and O–H groups in total. The Bertz CT molecular complexity index is 701. The highest BCUT2D eigenvalue weighted by Gasteiger charge is 2.44. The Hall–Kier alpha value is -1.63. The minimum Gasteiger partial charge on any atom is -0.481 e. The standard InChI is InChI=1S/C16H16Cl2N2O4/c17-11-2-1-10(7-12(11)18)20-14(21)8-13(15(20)22)19-5-3-9(4-6-19)16(23)24/h1-2,7,9,13H,3-6,8H2,(H,23,24). The van der Waals surface area contributed by atoms with E-state index in [2.05, 4.69) is 0 Å². The van der Waals surface area contributed by atoms with Crippen molar-refractivity contribution in [1.82, 2.24) is 4.90 Å². The van der Waals surface area contributed by atoms with Crippen molar-refractivity contribution in [2.24, 2.45) is 5.92 Å². The third kappa shape index (κ3) is 3.14. The van der Waals surface area contributed by atoms with Crippen LogP contribution in [0.25, 0.3) is 0 Å². The van der Waals surface area contributed by atoms with E-state index in [-0.39, 0.29) is 29.2 Å². The van der Waals surface area contributed by atoms with Gasteiger partial charge in [0.25, 0.3) is 5.91 Å². The molecule has 1 aromatic rings. The largest absolute Gasteiger partial charge is 0.481 e. The molecule has 2 fully saturated rings. The third-order valence-electron chi connectivity index (χ3n) is 4.60. The normalized spacial score (nSPS) is 23.1. The molecule has 2 aliphatic heterocycles. The minimum atomic E-state index is -0.805. The average Bonchev–Trinajstić information content (AvgIpc) is 2.85. The molecule has 0 saturated carbocycles. The van der Waals surface area contributed by atoms with Crippen LogP contribution in [-0.2, 0) is 14.4 Å². The maximum absolute atomic E-state index is 12.7. The number of benzene rings is 1. The Morgan fingerprint density at radius 1 is 1.12 bits per heavy atom. The second-order valence-electron chi connectivity index (χ2n) is 6.03. The number of carbonyl (C=O) groups is 3. The fourth-order valence-electron chi connectivity index (χ4n) is 3.25. The Labute approximate surface area is 148 Å². The summed E-state index contributed by atoms with van der Waals surface area (Å²) in [5.41, 5.74) is 0.405. The second-order valence-corrected chi connectivity index (χ2v) is 6.85. The fourth-order valence-corrected chi connectivity index (χ4v) is 3.55. The summed E-state index contributed by atoms with van der Waals surface area (Å²) >= 11 is 11.8. The molecule has 128 valence electrons. The molecule has 1 unspecified atom stereocenters. The zero-order valence-corrected chi connectivity index (χ0v) is 14.3. The Morgan fingerprint density at radius 2 is 1.79 bits per heavy atom. The van der Waals surface area contributed by atoms with E-state index in [0.717, 1.165) is 4.90 Å². The molecule has 0 radical (unpaired) electrons. The van der Waals surface area contributed by atoms with Crippen molar-refractivity contribution in [3.63, 3.8) is 0 Å². The quantitative estimate of drug-likeness (QED) is 0.826. The highest BCUT2D eigenvalue weighted by Crippen LogP contribution is 2.32. The van der Waals surface area contributed by atoms with Crippen molar-refractivity contribution in [2.45, 2.75) is 25.3 Å². The molecule has 3 rings (SSSR count).